The Morgan fingerprint density at radius 3 is 2.69 bits per heavy atom. The fourth-order valence-corrected chi connectivity index (χ4v) is 5.23. The monoisotopic (exact) mass is 494 g/mol. The topological polar surface area (TPSA) is 79.6 Å². The third-order valence-electron chi connectivity index (χ3n) is 6.75. The van der Waals surface area contributed by atoms with Crippen molar-refractivity contribution in [2.75, 3.05) is 25.1 Å². The van der Waals surface area contributed by atoms with Crippen LogP contribution in [0.4, 0.5) is 5.82 Å². The number of nitrogens with one attached hydrogen (secondary N) is 1. The van der Waals surface area contributed by atoms with Crippen LogP contribution in [0.1, 0.15) is 41.0 Å². The number of pyridine rings is 1. The summed E-state index contributed by atoms with van der Waals surface area (Å²) in [6.07, 6.45) is 3.66. The molecule has 35 heavy (non-hydrogen) atoms. The van der Waals surface area contributed by atoms with Gasteiger partial charge in [-0.25, -0.2) is 4.98 Å². The van der Waals surface area contributed by atoms with Gasteiger partial charge in [-0.3, -0.25) is 4.79 Å². The van der Waals surface area contributed by atoms with E-state index in [0.717, 1.165) is 33.6 Å². The van der Waals surface area contributed by atoms with E-state index in [1.165, 1.54) is 0 Å². The molecule has 7 nitrogen and oxygen atoms in total. The van der Waals surface area contributed by atoms with Crippen LogP contribution in [0.15, 0.2) is 42.7 Å². The molecule has 0 unspecified atom stereocenters. The third kappa shape index (κ3) is 4.68. The summed E-state index contributed by atoms with van der Waals surface area (Å²) >= 11 is 6.54. The van der Waals surface area contributed by atoms with Gasteiger partial charge in [-0.1, -0.05) is 35.4 Å². The number of aliphatic hydroxyl groups excluding tert-OH is 1. The zero-order chi connectivity index (χ0) is 24.7. The number of benzene rings is 1. The number of hydrogen-bond acceptors (Lipinski definition) is 5. The van der Waals surface area contributed by atoms with Crippen molar-refractivity contribution in [3.63, 3.8) is 0 Å². The Balaban J connectivity index is 1.52. The van der Waals surface area contributed by atoms with Crippen molar-refractivity contribution < 1.29 is 14.6 Å². The van der Waals surface area contributed by atoms with Crippen molar-refractivity contribution in [3.8, 4) is 11.1 Å². The molecule has 0 atom stereocenters. The molecule has 0 radical (unpaired) electrons. The number of halogens is 1. The highest BCUT2D eigenvalue weighted by molar-refractivity contribution is 6.33. The summed E-state index contributed by atoms with van der Waals surface area (Å²) in [6, 6.07) is 10.1. The Bertz CT molecular complexity index is 1270. The van der Waals surface area contributed by atoms with Crippen molar-refractivity contribution in [3.05, 3.63) is 70.1 Å². The molecular weight excluding hydrogens is 464 g/mol. The van der Waals surface area contributed by atoms with E-state index in [9.17, 15) is 9.90 Å². The summed E-state index contributed by atoms with van der Waals surface area (Å²) in [5, 5.41) is 13.7. The average Bonchev–Trinajstić information content (AvgIpc) is 3.17. The lowest BCUT2D eigenvalue weighted by atomic mass is 9.85. The van der Waals surface area contributed by atoms with Gasteiger partial charge in [0.15, 0.2) is 0 Å². The molecule has 1 fully saturated rings. The van der Waals surface area contributed by atoms with Gasteiger partial charge in [0, 0.05) is 49.2 Å². The number of ether oxygens (including phenoxy) is 1. The van der Waals surface area contributed by atoms with Crippen molar-refractivity contribution in [1.82, 2.24) is 14.5 Å². The predicted octanol–water partition coefficient (Wildman–Crippen LogP) is 4.50. The summed E-state index contributed by atoms with van der Waals surface area (Å²) in [6.45, 7) is 9.04. The first-order chi connectivity index (χ1) is 16.8. The van der Waals surface area contributed by atoms with Gasteiger partial charge in [0.25, 0.3) is 5.91 Å². The lowest BCUT2D eigenvalue weighted by molar-refractivity contribution is -0.129. The molecule has 2 N–H and O–H groups in total. The number of aromatic nitrogens is 2. The quantitative estimate of drug-likeness (QED) is 0.527. The van der Waals surface area contributed by atoms with E-state index in [4.69, 9.17) is 16.3 Å². The molecule has 2 aromatic heterocycles. The van der Waals surface area contributed by atoms with Crippen LogP contribution in [0.2, 0.25) is 5.02 Å². The molecule has 184 valence electrons. The molecule has 4 heterocycles. The Morgan fingerprint density at radius 1 is 1.20 bits per heavy atom. The molecule has 2 aliphatic rings. The highest BCUT2D eigenvalue weighted by Crippen LogP contribution is 2.38. The molecule has 1 spiro atoms. The third-order valence-corrected chi connectivity index (χ3v) is 7.05. The number of carbonyl (C=O) groups excluding carboxylic acids is 1. The minimum Gasteiger partial charge on any atom is -0.392 e. The zero-order valence-corrected chi connectivity index (χ0v) is 21.1. The number of rotatable bonds is 6. The van der Waals surface area contributed by atoms with E-state index >= 15 is 0 Å². The van der Waals surface area contributed by atoms with Gasteiger partial charge in [0.2, 0.25) is 0 Å². The van der Waals surface area contributed by atoms with Crippen LogP contribution in [0.5, 0.6) is 0 Å². The normalized spacial score (nSPS) is 16.9. The minimum atomic E-state index is -0.131. The van der Waals surface area contributed by atoms with Gasteiger partial charge < -0.3 is 24.6 Å². The van der Waals surface area contributed by atoms with E-state index in [1.807, 2.05) is 48.4 Å². The molecule has 1 aromatic carbocycles. The number of nitrogens with zero attached hydrogens (tertiary/aromatic N) is 3. The van der Waals surface area contributed by atoms with Crippen LogP contribution in [0, 0.1) is 12.3 Å². The first-order valence-corrected chi connectivity index (χ1v) is 12.3. The Labute approximate surface area is 210 Å². The first kappa shape index (κ1) is 23.9. The molecule has 0 aliphatic carbocycles. The van der Waals surface area contributed by atoms with Gasteiger partial charge in [-0.05, 0) is 44.0 Å². The van der Waals surface area contributed by atoms with Crippen LogP contribution in [-0.4, -0.2) is 51.3 Å². The lowest BCUT2D eigenvalue weighted by Crippen LogP contribution is -2.52. The Hall–Kier alpha value is -2.87. The smallest absolute Gasteiger partial charge is 0.270 e. The Morgan fingerprint density at radius 2 is 2.00 bits per heavy atom. The number of aliphatic hydroxyl groups is 1. The maximum absolute atomic E-state index is 13.8. The standard InChI is InChI=1S/C27H31ClN4O3/c1-17(2)30-25-8-22(23(28)9-29-25)20-7-24-26(34)32(10-19-5-4-18(3)6-21(19)12-33)14-27(15-35-16-27)13-31(24)11-20/h4-9,11,17,33H,10,12-16H2,1-3H3,(H,29,30). The van der Waals surface area contributed by atoms with Crippen LogP contribution >= 0.6 is 11.6 Å². The van der Waals surface area contributed by atoms with E-state index in [0.29, 0.717) is 43.6 Å². The summed E-state index contributed by atoms with van der Waals surface area (Å²) in [5.41, 5.74) is 5.12. The number of carbonyl (C=O) groups is 1. The largest absolute Gasteiger partial charge is 0.392 e. The molecule has 1 amide bonds. The summed E-state index contributed by atoms with van der Waals surface area (Å²) in [5.74, 6) is 0.712. The second-order valence-electron chi connectivity index (χ2n) is 10.2. The van der Waals surface area contributed by atoms with E-state index in [-0.39, 0.29) is 24.0 Å². The fraction of sp³-hybridized carbons (Fsp3) is 0.407. The second kappa shape index (κ2) is 9.30. The molecule has 2 aliphatic heterocycles. The van der Waals surface area contributed by atoms with Crippen molar-refractivity contribution in [2.24, 2.45) is 5.41 Å². The SMILES string of the molecule is Cc1ccc(CN2CC3(COC3)Cn3cc(-c4cc(NC(C)C)ncc4Cl)cc3C2=O)c(CO)c1. The van der Waals surface area contributed by atoms with Crippen molar-refractivity contribution in [1.29, 1.82) is 0 Å². The van der Waals surface area contributed by atoms with E-state index in [2.05, 4.69) is 28.7 Å². The fourth-order valence-electron chi connectivity index (χ4n) is 5.02. The molecule has 0 saturated carbocycles. The van der Waals surface area contributed by atoms with Gasteiger partial charge in [0.1, 0.15) is 11.5 Å². The van der Waals surface area contributed by atoms with Crippen LogP contribution in [0.3, 0.4) is 0 Å². The summed E-state index contributed by atoms with van der Waals surface area (Å²) in [7, 11) is 0. The highest BCUT2D eigenvalue weighted by atomic mass is 35.5. The molecule has 1 saturated heterocycles. The van der Waals surface area contributed by atoms with Gasteiger partial charge >= 0.3 is 0 Å². The molecule has 5 rings (SSSR count). The van der Waals surface area contributed by atoms with Gasteiger partial charge in [0.05, 0.1) is 30.3 Å². The molecule has 0 bridgehead atoms. The second-order valence-corrected chi connectivity index (χ2v) is 10.6. The predicted molar refractivity (Wildman–Crippen MR) is 137 cm³/mol. The lowest BCUT2D eigenvalue weighted by Gasteiger charge is -2.43. The number of amides is 1. The van der Waals surface area contributed by atoms with Crippen LogP contribution in [-0.2, 0) is 24.4 Å². The number of anilines is 1. The maximum Gasteiger partial charge on any atom is 0.270 e. The van der Waals surface area contributed by atoms with E-state index in [1.54, 1.807) is 6.20 Å². The number of hydrogen-bond donors (Lipinski definition) is 2. The number of fused-ring (bicyclic) bond motifs is 1. The molecular formula is C27H31ClN4O3. The van der Waals surface area contributed by atoms with Gasteiger partial charge in [-0.2, -0.15) is 0 Å². The maximum atomic E-state index is 13.8. The minimum absolute atomic E-state index is 0.0322. The molecule has 3 aromatic rings. The summed E-state index contributed by atoms with van der Waals surface area (Å²) in [4.78, 5) is 20.1. The Kier molecular flexibility index (Phi) is 6.34. The van der Waals surface area contributed by atoms with Crippen LogP contribution < -0.4 is 5.32 Å². The van der Waals surface area contributed by atoms with E-state index < -0.39 is 0 Å². The summed E-state index contributed by atoms with van der Waals surface area (Å²) < 4.78 is 7.67. The van der Waals surface area contributed by atoms with Crippen molar-refractivity contribution >= 4 is 23.3 Å². The average molecular weight is 495 g/mol. The highest BCUT2D eigenvalue weighted by Gasteiger charge is 2.45. The van der Waals surface area contributed by atoms with Gasteiger partial charge in [-0.15, -0.1) is 0 Å². The van der Waals surface area contributed by atoms with Crippen molar-refractivity contribution in [2.45, 2.75) is 46.5 Å². The number of aryl methyl sites for hydroxylation is 1. The van der Waals surface area contributed by atoms with Crippen LogP contribution in [0.25, 0.3) is 11.1 Å². The first-order valence-electron chi connectivity index (χ1n) is 12.0. The molecule has 8 heteroatoms. The zero-order valence-electron chi connectivity index (χ0n) is 20.3.